The minimum absolute atomic E-state index is 0.0426. The Hall–Kier alpha value is -2.44. The highest BCUT2D eigenvalue weighted by molar-refractivity contribution is 5.92. The van der Waals surface area contributed by atoms with Crippen LogP contribution in [0.1, 0.15) is 38.1 Å². The van der Waals surface area contributed by atoms with Gasteiger partial charge in [-0.25, -0.2) is 9.59 Å². The summed E-state index contributed by atoms with van der Waals surface area (Å²) in [5, 5.41) is 9.33. The fraction of sp³-hybridized carbons (Fsp3) is 0.556. The van der Waals surface area contributed by atoms with Crippen LogP contribution in [0, 0.1) is 0 Å². The van der Waals surface area contributed by atoms with E-state index in [-0.39, 0.29) is 17.7 Å². The molecule has 0 radical (unpaired) electrons. The topological polar surface area (TPSA) is 79.3 Å². The van der Waals surface area contributed by atoms with E-state index in [0.717, 1.165) is 5.69 Å². The normalized spacial score (nSPS) is 18.0. The number of hydrogen-bond acceptors (Lipinski definition) is 5. The van der Waals surface area contributed by atoms with E-state index in [1.165, 1.54) is 7.11 Å². The van der Waals surface area contributed by atoms with Gasteiger partial charge in [0.25, 0.3) is 0 Å². The molecule has 0 saturated carbocycles. The number of amides is 1. The number of carbonyl (C=O) groups excluding carboxylic acids is 1. The highest BCUT2D eigenvalue weighted by atomic mass is 16.6. The lowest BCUT2D eigenvalue weighted by Gasteiger charge is -2.41. The molecule has 1 aliphatic rings. The maximum absolute atomic E-state index is 12.3. The summed E-state index contributed by atoms with van der Waals surface area (Å²) >= 11 is 0. The first-order valence-electron chi connectivity index (χ1n) is 8.28. The predicted octanol–water partition coefficient (Wildman–Crippen LogP) is 2.84. The molecule has 138 valence electrons. The largest absolute Gasteiger partial charge is 0.496 e. The average molecular weight is 350 g/mol. The van der Waals surface area contributed by atoms with Crippen LogP contribution in [0.15, 0.2) is 18.2 Å². The third-order valence-corrected chi connectivity index (χ3v) is 4.03. The van der Waals surface area contributed by atoms with Crippen molar-refractivity contribution in [3.8, 4) is 5.75 Å². The smallest absolute Gasteiger partial charge is 0.410 e. The third-order valence-electron chi connectivity index (χ3n) is 4.03. The highest BCUT2D eigenvalue weighted by Gasteiger charge is 2.31. The molecular formula is C18H26N2O5. The van der Waals surface area contributed by atoms with Crippen LogP contribution in [0.5, 0.6) is 5.75 Å². The fourth-order valence-corrected chi connectivity index (χ4v) is 2.84. The minimum Gasteiger partial charge on any atom is -0.496 e. The van der Waals surface area contributed by atoms with Gasteiger partial charge in [-0.05, 0) is 45.9 Å². The van der Waals surface area contributed by atoms with E-state index in [4.69, 9.17) is 9.47 Å². The molecule has 1 atom stereocenters. The van der Waals surface area contributed by atoms with Gasteiger partial charge in [-0.3, -0.25) is 0 Å². The summed E-state index contributed by atoms with van der Waals surface area (Å²) in [6.07, 6.45) is -0.319. The van der Waals surface area contributed by atoms with Crippen LogP contribution < -0.4 is 9.64 Å². The van der Waals surface area contributed by atoms with E-state index in [1.807, 2.05) is 33.8 Å². The summed E-state index contributed by atoms with van der Waals surface area (Å²) in [4.78, 5) is 27.5. The second-order valence-electron chi connectivity index (χ2n) is 7.16. The number of benzene rings is 1. The number of carbonyl (C=O) groups is 2. The Labute approximate surface area is 148 Å². The van der Waals surface area contributed by atoms with Gasteiger partial charge in [0, 0.05) is 31.4 Å². The van der Waals surface area contributed by atoms with Crippen LogP contribution in [-0.4, -0.2) is 60.5 Å². The van der Waals surface area contributed by atoms with E-state index < -0.39 is 11.6 Å². The lowest BCUT2D eigenvalue weighted by molar-refractivity contribution is 0.0159. The van der Waals surface area contributed by atoms with Crippen molar-refractivity contribution in [2.45, 2.75) is 39.3 Å². The second-order valence-corrected chi connectivity index (χ2v) is 7.16. The summed E-state index contributed by atoms with van der Waals surface area (Å²) in [6, 6.07) is 5.06. The molecule has 0 spiro atoms. The van der Waals surface area contributed by atoms with E-state index in [1.54, 1.807) is 17.0 Å². The number of methoxy groups -OCH3 is 1. The Bertz CT molecular complexity index is 653. The average Bonchev–Trinajstić information content (AvgIpc) is 2.52. The number of ether oxygens (including phenoxy) is 2. The van der Waals surface area contributed by atoms with Crippen molar-refractivity contribution in [1.82, 2.24) is 4.90 Å². The van der Waals surface area contributed by atoms with Gasteiger partial charge in [0.05, 0.1) is 7.11 Å². The van der Waals surface area contributed by atoms with Gasteiger partial charge < -0.3 is 24.4 Å². The van der Waals surface area contributed by atoms with Gasteiger partial charge in [-0.2, -0.15) is 0 Å². The number of piperazine rings is 1. The van der Waals surface area contributed by atoms with Crippen LogP contribution >= 0.6 is 0 Å². The lowest BCUT2D eigenvalue weighted by Crippen LogP contribution is -2.55. The molecule has 2 rings (SSSR count). The monoisotopic (exact) mass is 350 g/mol. The van der Waals surface area contributed by atoms with Gasteiger partial charge in [0.1, 0.15) is 16.9 Å². The summed E-state index contributed by atoms with van der Waals surface area (Å²) in [5.41, 5.74) is 0.399. The summed E-state index contributed by atoms with van der Waals surface area (Å²) in [6.45, 7) is 9.21. The molecule has 7 nitrogen and oxygen atoms in total. The number of anilines is 1. The quantitative estimate of drug-likeness (QED) is 0.903. The molecule has 1 N–H and O–H groups in total. The van der Waals surface area contributed by atoms with Crippen LogP contribution in [0.4, 0.5) is 10.5 Å². The van der Waals surface area contributed by atoms with Crippen LogP contribution in [0.25, 0.3) is 0 Å². The van der Waals surface area contributed by atoms with Gasteiger partial charge in [-0.15, -0.1) is 0 Å². The number of hydrogen-bond donors (Lipinski definition) is 1. The van der Waals surface area contributed by atoms with E-state index in [0.29, 0.717) is 25.4 Å². The zero-order valence-electron chi connectivity index (χ0n) is 15.4. The molecule has 1 saturated heterocycles. The molecule has 0 unspecified atom stereocenters. The maximum Gasteiger partial charge on any atom is 0.410 e. The number of carboxylic acid groups (broad SMARTS) is 1. The van der Waals surface area contributed by atoms with Crippen molar-refractivity contribution in [2.75, 3.05) is 31.6 Å². The highest BCUT2D eigenvalue weighted by Crippen LogP contribution is 2.27. The zero-order chi connectivity index (χ0) is 18.8. The van der Waals surface area contributed by atoms with Crippen molar-refractivity contribution < 1.29 is 24.2 Å². The summed E-state index contributed by atoms with van der Waals surface area (Å²) in [7, 11) is 1.45. The number of nitrogens with zero attached hydrogens (tertiary/aromatic N) is 2. The van der Waals surface area contributed by atoms with Crippen LogP contribution in [0.3, 0.4) is 0 Å². The molecule has 7 heteroatoms. The van der Waals surface area contributed by atoms with Crippen LogP contribution in [0.2, 0.25) is 0 Å². The molecule has 1 aliphatic heterocycles. The standard InChI is InChI=1S/C18H26N2O5/c1-12-11-19(8-9-20(12)17(23)25-18(2,3)4)13-6-7-15(24-5)14(10-13)16(21)22/h6-7,10,12H,8-9,11H2,1-5H3,(H,21,22)/t12-/m1/s1. The number of rotatable bonds is 3. The Kier molecular flexibility index (Phi) is 5.45. The number of carboxylic acids is 1. The van der Waals surface area contributed by atoms with Gasteiger partial charge in [-0.1, -0.05) is 0 Å². The Morgan fingerprint density at radius 2 is 1.92 bits per heavy atom. The van der Waals surface area contributed by atoms with E-state index >= 15 is 0 Å². The predicted molar refractivity (Wildman–Crippen MR) is 94.6 cm³/mol. The van der Waals surface area contributed by atoms with Gasteiger partial charge in [0.2, 0.25) is 0 Å². The minimum atomic E-state index is -1.03. The summed E-state index contributed by atoms with van der Waals surface area (Å²) < 4.78 is 10.5. The Morgan fingerprint density at radius 3 is 2.44 bits per heavy atom. The van der Waals surface area contributed by atoms with Crippen molar-refractivity contribution in [2.24, 2.45) is 0 Å². The number of aromatic carboxylic acids is 1. The molecule has 0 bridgehead atoms. The first-order chi connectivity index (χ1) is 11.6. The SMILES string of the molecule is COc1ccc(N2CCN(C(=O)OC(C)(C)C)[C@H](C)C2)cc1C(=O)O. The molecule has 1 aromatic rings. The molecular weight excluding hydrogens is 324 g/mol. The van der Waals surface area contributed by atoms with Crippen molar-refractivity contribution in [3.05, 3.63) is 23.8 Å². The molecule has 1 amide bonds. The zero-order valence-corrected chi connectivity index (χ0v) is 15.4. The summed E-state index contributed by atoms with van der Waals surface area (Å²) in [5.74, 6) is -0.698. The van der Waals surface area contributed by atoms with Crippen molar-refractivity contribution in [3.63, 3.8) is 0 Å². The molecule has 0 aliphatic carbocycles. The lowest BCUT2D eigenvalue weighted by atomic mass is 10.1. The Balaban J connectivity index is 2.12. The van der Waals surface area contributed by atoms with Crippen LogP contribution in [-0.2, 0) is 4.74 Å². The van der Waals surface area contributed by atoms with E-state index in [9.17, 15) is 14.7 Å². The second kappa shape index (κ2) is 7.21. The maximum atomic E-state index is 12.3. The molecule has 1 aromatic carbocycles. The third kappa shape index (κ3) is 4.55. The first kappa shape index (κ1) is 18.9. The molecule has 25 heavy (non-hydrogen) atoms. The fourth-order valence-electron chi connectivity index (χ4n) is 2.84. The van der Waals surface area contributed by atoms with Crippen molar-refractivity contribution in [1.29, 1.82) is 0 Å². The van der Waals surface area contributed by atoms with Gasteiger partial charge in [0.15, 0.2) is 0 Å². The molecule has 1 fully saturated rings. The van der Waals surface area contributed by atoms with E-state index in [2.05, 4.69) is 4.90 Å². The van der Waals surface area contributed by atoms with Gasteiger partial charge >= 0.3 is 12.1 Å². The Morgan fingerprint density at radius 1 is 1.24 bits per heavy atom. The van der Waals surface area contributed by atoms with Crippen molar-refractivity contribution >= 4 is 17.7 Å². The molecule has 1 heterocycles. The first-order valence-corrected chi connectivity index (χ1v) is 8.28. The molecule has 0 aromatic heterocycles.